The van der Waals surface area contributed by atoms with Gasteiger partial charge in [-0.3, -0.25) is 4.79 Å². The number of benzene rings is 7. The molecule has 7 aromatic carbocycles. The van der Waals surface area contributed by atoms with Crippen LogP contribution in [0.15, 0.2) is 172 Å². The van der Waals surface area contributed by atoms with Crippen molar-refractivity contribution in [1.29, 1.82) is 0 Å². The third kappa shape index (κ3) is 4.46. The molecule has 0 N–H and O–H groups in total. The summed E-state index contributed by atoms with van der Waals surface area (Å²) in [7, 11) is 0. The lowest BCUT2D eigenvalue weighted by Crippen LogP contribution is -2.39. The maximum Gasteiger partial charge on any atom is 0.195 e. The van der Waals surface area contributed by atoms with Crippen molar-refractivity contribution in [3.05, 3.63) is 196 Å². The summed E-state index contributed by atoms with van der Waals surface area (Å²) in [6.45, 7) is 4.57. The Balaban J connectivity index is 1.15. The quantitative estimate of drug-likeness (QED) is 0.172. The van der Waals surface area contributed by atoms with E-state index in [1.165, 1.54) is 49.0 Å². The lowest BCUT2D eigenvalue weighted by atomic mass is 9.62. The Hall–Kier alpha value is -5.42. The number of rotatable bonds is 3. The van der Waals surface area contributed by atoms with Crippen LogP contribution in [-0.4, -0.2) is 0 Å². The average molecular weight is 692 g/mol. The van der Waals surface area contributed by atoms with E-state index in [4.69, 9.17) is 0 Å². The number of anilines is 3. The van der Waals surface area contributed by atoms with Crippen LogP contribution in [-0.2, 0) is 5.41 Å². The number of hydrogen-bond acceptors (Lipinski definition) is 4. The molecule has 0 atom stereocenters. The van der Waals surface area contributed by atoms with Gasteiger partial charge in [0.2, 0.25) is 0 Å². The van der Waals surface area contributed by atoms with Gasteiger partial charge < -0.3 is 4.90 Å². The van der Waals surface area contributed by atoms with Crippen LogP contribution < -0.4 is 10.3 Å². The van der Waals surface area contributed by atoms with E-state index in [0.717, 1.165) is 37.0 Å². The lowest BCUT2D eigenvalue weighted by Gasteiger charge is -2.49. The van der Waals surface area contributed by atoms with Gasteiger partial charge in [0.05, 0.1) is 16.8 Å². The summed E-state index contributed by atoms with van der Waals surface area (Å²) in [6.07, 6.45) is 0. The Bertz CT molecular complexity index is 2700. The smallest absolute Gasteiger partial charge is 0.195 e. The van der Waals surface area contributed by atoms with Gasteiger partial charge in [-0.25, -0.2) is 0 Å². The van der Waals surface area contributed by atoms with Crippen molar-refractivity contribution in [2.24, 2.45) is 0 Å². The molecule has 2 nitrogen and oxygen atoms in total. The lowest BCUT2D eigenvalue weighted by molar-refractivity contribution is 0.687. The minimum absolute atomic E-state index is 0.101. The van der Waals surface area contributed by atoms with Crippen LogP contribution in [0.3, 0.4) is 0 Å². The Labute approximate surface area is 305 Å². The van der Waals surface area contributed by atoms with Crippen LogP contribution in [0.4, 0.5) is 17.1 Å². The fourth-order valence-electron chi connectivity index (χ4n) is 8.31. The highest BCUT2D eigenvalue weighted by atomic mass is 32.2. The number of nitrogens with zero attached hydrogens (tertiary/aromatic N) is 1. The topological polar surface area (TPSA) is 20.3 Å². The zero-order valence-electron chi connectivity index (χ0n) is 28.3. The SMILES string of the molecule is CC(C)c1ccc2c(c1)C1(c3ccccc3S2)c2ccccc2N(c2ccc(-c3ccc4c(=O)c5ccccc5sc4c3)cc2)c2ccccc21. The first-order valence-electron chi connectivity index (χ1n) is 17.5. The molecule has 1 aromatic heterocycles. The molecule has 0 unspecified atom stereocenters. The Morgan fingerprint density at radius 2 is 1.14 bits per heavy atom. The van der Waals surface area contributed by atoms with E-state index in [0.29, 0.717) is 5.92 Å². The second kappa shape index (κ2) is 11.6. The molecule has 0 saturated carbocycles. The van der Waals surface area contributed by atoms with Crippen molar-refractivity contribution in [3.63, 3.8) is 0 Å². The summed E-state index contributed by atoms with van der Waals surface area (Å²) in [4.78, 5) is 18.3. The summed E-state index contributed by atoms with van der Waals surface area (Å²) in [6, 6.07) is 57.1. The van der Waals surface area contributed by atoms with Crippen molar-refractivity contribution < 1.29 is 0 Å². The molecule has 10 rings (SSSR count). The molecule has 1 spiro atoms. The fraction of sp³-hybridized carbons (Fsp3) is 0.0851. The van der Waals surface area contributed by atoms with Crippen molar-refractivity contribution in [1.82, 2.24) is 0 Å². The van der Waals surface area contributed by atoms with Gasteiger partial charge in [0.15, 0.2) is 5.43 Å². The Morgan fingerprint density at radius 3 is 1.88 bits per heavy atom. The zero-order valence-corrected chi connectivity index (χ0v) is 29.9. The second-order valence-electron chi connectivity index (χ2n) is 13.8. The molecule has 2 aliphatic rings. The first kappa shape index (κ1) is 30.4. The summed E-state index contributed by atoms with van der Waals surface area (Å²) in [5.74, 6) is 0.420. The maximum absolute atomic E-state index is 13.3. The predicted molar refractivity (Wildman–Crippen MR) is 216 cm³/mol. The first-order valence-corrected chi connectivity index (χ1v) is 19.1. The molecular formula is C47H33NOS2. The van der Waals surface area contributed by atoms with Gasteiger partial charge in [0.1, 0.15) is 0 Å². The van der Waals surface area contributed by atoms with Crippen molar-refractivity contribution in [3.8, 4) is 11.1 Å². The highest BCUT2D eigenvalue weighted by Gasteiger charge is 2.50. The average Bonchev–Trinajstić information content (AvgIpc) is 3.18. The predicted octanol–water partition coefficient (Wildman–Crippen LogP) is 12.8. The molecule has 4 heteroatoms. The van der Waals surface area contributed by atoms with Crippen LogP contribution in [0.25, 0.3) is 31.3 Å². The molecule has 2 aliphatic heterocycles. The summed E-state index contributed by atoms with van der Waals surface area (Å²) in [5.41, 5.74) is 12.0. The summed E-state index contributed by atoms with van der Waals surface area (Å²) >= 11 is 3.57. The van der Waals surface area contributed by atoms with Crippen LogP contribution >= 0.6 is 23.1 Å². The molecule has 0 bridgehead atoms. The van der Waals surface area contributed by atoms with Gasteiger partial charge in [0, 0.05) is 35.7 Å². The van der Waals surface area contributed by atoms with Crippen molar-refractivity contribution in [2.45, 2.75) is 35.0 Å². The van der Waals surface area contributed by atoms with Crippen LogP contribution in [0.2, 0.25) is 0 Å². The van der Waals surface area contributed by atoms with Crippen molar-refractivity contribution in [2.75, 3.05) is 4.90 Å². The van der Waals surface area contributed by atoms with Crippen LogP contribution in [0.5, 0.6) is 0 Å². The van der Waals surface area contributed by atoms with Gasteiger partial charge in [0.25, 0.3) is 0 Å². The van der Waals surface area contributed by atoms with Gasteiger partial charge >= 0.3 is 0 Å². The molecule has 0 amide bonds. The molecule has 3 heterocycles. The largest absolute Gasteiger partial charge is 0.310 e. The van der Waals surface area contributed by atoms with Crippen molar-refractivity contribution >= 4 is 60.3 Å². The monoisotopic (exact) mass is 691 g/mol. The van der Waals surface area contributed by atoms with E-state index in [-0.39, 0.29) is 5.43 Å². The number of hydrogen-bond donors (Lipinski definition) is 0. The van der Waals surface area contributed by atoms with Crippen LogP contribution in [0.1, 0.15) is 47.6 Å². The van der Waals surface area contributed by atoms with E-state index in [9.17, 15) is 4.79 Å². The molecule has 0 saturated heterocycles. The summed E-state index contributed by atoms with van der Waals surface area (Å²) < 4.78 is 2.03. The van der Waals surface area contributed by atoms with Crippen LogP contribution in [0, 0.1) is 0 Å². The number of fused-ring (bicyclic) bond motifs is 10. The van der Waals surface area contributed by atoms with E-state index >= 15 is 0 Å². The van der Waals surface area contributed by atoms with E-state index < -0.39 is 5.41 Å². The first-order chi connectivity index (χ1) is 25.0. The number of para-hydroxylation sites is 2. The normalized spacial score (nSPS) is 14.0. The third-order valence-corrected chi connectivity index (χ3v) is 13.0. The Kier molecular flexibility index (Phi) is 6.89. The second-order valence-corrected chi connectivity index (χ2v) is 16.0. The maximum atomic E-state index is 13.3. The molecule has 0 fully saturated rings. The van der Waals surface area contributed by atoms with E-state index in [1.54, 1.807) is 11.3 Å². The molecular weight excluding hydrogens is 659 g/mol. The van der Waals surface area contributed by atoms with E-state index in [2.05, 4.69) is 146 Å². The minimum Gasteiger partial charge on any atom is -0.310 e. The summed E-state index contributed by atoms with van der Waals surface area (Å²) in [5, 5.41) is 1.56. The van der Waals surface area contributed by atoms with Gasteiger partial charge in [-0.2, -0.15) is 0 Å². The molecule has 8 aromatic rings. The highest BCUT2D eigenvalue weighted by molar-refractivity contribution is 7.99. The molecule has 0 radical (unpaired) electrons. The van der Waals surface area contributed by atoms with Gasteiger partial charge in [-0.15, -0.1) is 11.3 Å². The molecule has 51 heavy (non-hydrogen) atoms. The standard InChI is InChI=1S/C47H33NOS2/c1-29(2)31-22-26-44-39(27-31)47(38-14-6-10-18-43(38)51-44)36-12-4-7-15-40(36)48(41-16-8-5-13-37(41)47)33-23-19-30(20-24-33)32-21-25-35-45(28-32)50-42-17-9-3-11-34(42)46(35)49/h3-29H,1-2H3. The third-order valence-electron chi connectivity index (χ3n) is 10.7. The zero-order chi connectivity index (χ0) is 34.3. The van der Waals surface area contributed by atoms with Gasteiger partial charge in [-0.05, 0) is 106 Å². The fourth-order valence-corrected chi connectivity index (χ4v) is 10.6. The molecule has 244 valence electrons. The van der Waals surface area contributed by atoms with Gasteiger partial charge in [-0.1, -0.05) is 123 Å². The highest BCUT2D eigenvalue weighted by Crippen LogP contribution is 2.63. The molecule has 0 aliphatic carbocycles. The minimum atomic E-state index is -0.470. The Morgan fingerprint density at radius 1 is 0.529 bits per heavy atom. The van der Waals surface area contributed by atoms with E-state index in [1.807, 2.05) is 42.1 Å².